The van der Waals surface area contributed by atoms with Gasteiger partial charge >= 0.3 is 6.18 Å². The van der Waals surface area contributed by atoms with Crippen LogP contribution >= 0.6 is 0 Å². The van der Waals surface area contributed by atoms with Gasteiger partial charge in [-0.05, 0) is 19.9 Å². The number of nitrogens with zero attached hydrogens (tertiary/aromatic N) is 2. The average Bonchev–Trinajstić information content (AvgIpc) is 2.68. The Morgan fingerprint density at radius 2 is 2.10 bits per heavy atom. The largest absolute Gasteiger partial charge is 0.449 e. The number of primary amides is 1. The van der Waals surface area contributed by atoms with E-state index in [1.807, 2.05) is 0 Å². The van der Waals surface area contributed by atoms with Crippen molar-refractivity contribution in [1.82, 2.24) is 14.5 Å². The van der Waals surface area contributed by atoms with Gasteiger partial charge in [0.05, 0.1) is 5.39 Å². The van der Waals surface area contributed by atoms with E-state index < -0.39 is 29.5 Å². The summed E-state index contributed by atoms with van der Waals surface area (Å²) in [4.78, 5) is 29.3. The van der Waals surface area contributed by atoms with Crippen LogP contribution in [0.1, 0.15) is 24.5 Å². The zero-order chi connectivity index (χ0) is 15.2. The summed E-state index contributed by atoms with van der Waals surface area (Å²) >= 11 is 0. The summed E-state index contributed by atoms with van der Waals surface area (Å²) in [7, 11) is 0. The zero-order valence-electron chi connectivity index (χ0n) is 10.6. The molecule has 0 aromatic carbocycles. The van der Waals surface area contributed by atoms with E-state index in [0.29, 0.717) is 5.69 Å². The van der Waals surface area contributed by atoms with E-state index in [4.69, 9.17) is 5.73 Å². The van der Waals surface area contributed by atoms with Gasteiger partial charge in [-0.15, -0.1) is 0 Å². The number of rotatable bonds is 2. The minimum Gasteiger partial charge on any atom is -0.368 e. The van der Waals surface area contributed by atoms with Crippen LogP contribution in [0.5, 0.6) is 0 Å². The third-order valence-corrected chi connectivity index (χ3v) is 2.88. The van der Waals surface area contributed by atoms with Crippen LogP contribution in [-0.4, -0.2) is 20.4 Å². The van der Waals surface area contributed by atoms with Gasteiger partial charge in [0.25, 0.3) is 5.56 Å². The number of aromatic amines is 1. The first-order chi connectivity index (χ1) is 9.12. The van der Waals surface area contributed by atoms with Gasteiger partial charge in [0.1, 0.15) is 11.7 Å². The van der Waals surface area contributed by atoms with E-state index in [1.54, 1.807) is 6.92 Å². The van der Waals surface area contributed by atoms with Gasteiger partial charge in [-0.25, -0.2) is 4.98 Å². The van der Waals surface area contributed by atoms with Crippen molar-refractivity contribution >= 4 is 16.9 Å². The van der Waals surface area contributed by atoms with E-state index in [2.05, 4.69) is 9.97 Å². The van der Waals surface area contributed by atoms with E-state index in [0.717, 1.165) is 6.92 Å². The van der Waals surface area contributed by atoms with Crippen LogP contribution in [0.15, 0.2) is 10.9 Å². The van der Waals surface area contributed by atoms with Crippen LogP contribution in [0.3, 0.4) is 0 Å². The number of aromatic nitrogens is 3. The van der Waals surface area contributed by atoms with Crippen molar-refractivity contribution in [3.05, 3.63) is 27.9 Å². The van der Waals surface area contributed by atoms with E-state index in [1.165, 1.54) is 6.07 Å². The maximum absolute atomic E-state index is 13.0. The molecule has 0 aliphatic carbocycles. The van der Waals surface area contributed by atoms with Crippen molar-refractivity contribution in [2.24, 2.45) is 5.73 Å². The summed E-state index contributed by atoms with van der Waals surface area (Å²) in [6, 6.07) is -0.0825. The third kappa shape index (κ3) is 2.15. The lowest BCUT2D eigenvalue weighted by Crippen LogP contribution is -2.37. The Balaban J connectivity index is 2.91. The second kappa shape index (κ2) is 4.36. The second-order valence-corrected chi connectivity index (χ2v) is 4.40. The van der Waals surface area contributed by atoms with Crippen molar-refractivity contribution in [3.63, 3.8) is 0 Å². The molecule has 3 N–H and O–H groups in total. The predicted octanol–water partition coefficient (Wildman–Crippen LogP) is 1.10. The van der Waals surface area contributed by atoms with Crippen LogP contribution in [-0.2, 0) is 11.0 Å². The maximum Gasteiger partial charge on any atom is 0.449 e. The highest BCUT2D eigenvalue weighted by molar-refractivity contribution is 5.80. The first-order valence-corrected chi connectivity index (χ1v) is 5.61. The number of hydrogen-bond donors (Lipinski definition) is 2. The molecular formula is C11H11F3N4O2. The lowest BCUT2D eigenvalue weighted by atomic mass is 10.2. The first kappa shape index (κ1) is 14.1. The number of carbonyl (C=O) groups is 1. The highest BCUT2D eigenvalue weighted by Gasteiger charge is 2.39. The molecule has 9 heteroatoms. The fourth-order valence-corrected chi connectivity index (χ4v) is 1.90. The number of alkyl halides is 3. The molecule has 20 heavy (non-hydrogen) atoms. The number of nitrogens with two attached hydrogens (primary N) is 1. The molecule has 0 radical (unpaired) electrons. The van der Waals surface area contributed by atoms with Gasteiger partial charge in [-0.3, -0.25) is 14.2 Å². The molecular weight excluding hydrogens is 277 g/mol. The van der Waals surface area contributed by atoms with E-state index in [9.17, 15) is 22.8 Å². The molecule has 0 saturated heterocycles. The first-order valence-electron chi connectivity index (χ1n) is 5.61. The van der Waals surface area contributed by atoms with Gasteiger partial charge in [-0.2, -0.15) is 13.2 Å². The van der Waals surface area contributed by atoms with Gasteiger partial charge in [0.2, 0.25) is 11.7 Å². The second-order valence-electron chi connectivity index (χ2n) is 4.40. The van der Waals surface area contributed by atoms with Crippen molar-refractivity contribution < 1.29 is 18.0 Å². The Kier molecular flexibility index (Phi) is 3.07. The molecule has 1 atom stereocenters. The van der Waals surface area contributed by atoms with Gasteiger partial charge in [0.15, 0.2) is 0 Å². The molecule has 1 amide bonds. The number of H-pyrrole nitrogens is 1. The zero-order valence-corrected chi connectivity index (χ0v) is 10.6. The number of nitrogens with one attached hydrogen (secondary N) is 1. The van der Waals surface area contributed by atoms with E-state index >= 15 is 0 Å². The number of amides is 1. The van der Waals surface area contributed by atoms with Crippen LogP contribution in [0, 0.1) is 6.92 Å². The lowest BCUT2D eigenvalue weighted by molar-refractivity contribution is -0.149. The Labute approximate surface area is 110 Å². The van der Waals surface area contributed by atoms with Crippen LogP contribution in [0.4, 0.5) is 13.2 Å². The average molecular weight is 288 g/mol. The highest BCUT2D eigenvalue weighted by atomic mass is 19.4. The molecule has 2 aromatic rings. The number of carbonyl (C=O) groups excluding carboxylic acids is 1. The van der Waals surface area contributed by atoms with Crippen molar-refractivity contribution in [2.75, 3.05) is 0 Å². The molecule has 2 aromatic heterocycles. The van der Waals surface area contributed by atoms with Gasteiger partial charge in [-0.1, -0.05) is 0 Å². The summed E-state index contributed by atoms with van der Waals surface area (Å²) < 4.78 is 39.3. The smallest absolute Gasteiger partial charge is 0.368 e. The minimum atomic E-state index is -4.88. The molecule has 0 bridgehead atoms. The molecule has 0 aliphatic rings. The molecule has 2 rings (SSSR count). The number of aryl methyl sites for hydroxylation is 1. The third-order valence-electron chi connectivity index (χ3n) is 2.88. The van der Waals surface area contributed by atoms with Crippen molar-refractivity contribution in [1.29, 1.82) is 0 Å². The lowest BCUT2D eigenvalue weighted by Gasteiger charge is -2.17. The van der Waals surface area contributed by atoms with Crippen molar-refractivity contribution in [2.45, 2.75) is 26.1 Å². The Morgan fingerprint density at radius 1 is 1.50 bits per heavy atom. The Bertz CT molecular complexity index is 744. The quantitative estimate of drug-likeness (QED) is 0.866. The SMILES string of the molecule is Cc1cc2c(=O)n(C(C)C(N)=O)c(C(F)(F)F)nc2[nH]1. The van der Waals surface area contributed by atoms with Gasteiger partial charge in [0, 0.05) is 5.69 Å². The summed E-state index contributed by atoms with van der Waals surface area (Å²) in [5, 5.41) is -0.0244. The normalized spacial score (nSPS) is 13.7. The predicted molar refractivity (Wildman–Crippen MR) is 64.0 cm³/mol. The summed E-state index contributed by atoms with van der Waals surface area (Å²) in [5.74, 6) is -2.51. The molecule has 0 saturated carbocycles. The Hall–Kier alpha value is -2.32. The summed E-state index contributed by atoms with van der Waals surface area (Å²) in [6.07, 6.45) is -4.88. The van der Waals surface area contributed by atoms with Crippen LogP contribution in [0.25, 0.3) is 11.0 Å². The molecule has 0 fully saturated rings. The molecule has 0 aliphatic heterocycles. The number of fused-ring (bicyclic) bond motifs is 1. The minimum absolute atomic E-state index is 0.0244. The molecule has 0 spiro atoms. The number of hydrogen-bond acceptors (Lipinski definition) is 3. The molecule has 2 heterocycles. The highest BCUT2D eigenvalue weighted by Crippen LogP contribution is 2.29. The maximum atomic E-state index is 13.0. The van der Waals surface area contributed by atoms with Crippen LogP contribution in [0.2, 0.25) is 0 Å². The fourth-order valence-electron chi connectivity index (χ4n) is 1.90. The summed E-state index contributed by atoms with van der Waals surface area (Å²) in [5.41, 5.74) is 4.35. The van der Waals surface area contributed by atoms with Crippen molar-refractivity contribution in [3.8, 4) is 0 Å². The van der Waals surface area contributed by atoms with Gasteiger partial charge < -0.3 is 10.7 Å². The molecule has 1 unspecified atom stereocenters. The number of halogens is 3. The van der Waals surface area contributed by atoms with E-state index in [-0.39, 0.29) is 15.6 Å². The molecule has 108 valence electrons. The topological polar surface area (TPSA) is 93.8 Å². The Morgan fingerprint density at radius 3 is 2.60 bits per heavy atom. The molecule has 6 nitrogen and oxygen atoms in total. The standard InChI is InChI=1S/C11H11F3N4O2/c1-4-3-6-8(16-4)17-10(11(12,13)14)18(9(6)20)5(2)7(15)19/h3,5,16H,1-2H3,(H2,15,19). The monoisotopic (exact) mass is 288 g/mol. The fraction of sp³-hybridized carbons (Fsp3) is 0.364. The summed E-state index contributed by atoms with van der Waals surface area (Å²) in [6.45, 7) is 2.70. The van der Waals surface area contributed by atoms with Crippen LogP contribution < -0.4 is 11.3 Å².